The summed E-state index contributed by atoms with van der Waals surface area (Å²) < 4.78 is 0. The number of aliphatic carboxylic acids is 1. The van der Waals surface area contributed by atoms with E-state index in [1.165, 1.54) is 6.92 Å². The number of carbonyl (C=O) groups is 2. The van der Waals surface area contributed by atoms with Gasteiger partial charge < -0.3 is 5.11 Å². The summed E-state index contributed by atoms with van der Waals surface area (Å²) in [4.78, 5) is 21.4. The van der Waals surface area contributed by atoms with Crippen LogP contribution in [0.1, 0.15) is 12.5 Å². The Morgan fingerprint density at radius 2 is 1.86 bits per heavy atom. The van der Waals surface area contributed by atoms with E-state index in [2.05, 4.69) is 0 Å². The largest absolute Gasteiger partial charge is 0.478 e. The lowest BCUT2D eigenvalue weighted by molar-refractivity contribution is -0.132. The smallest absolute Gasteiger partial charge is 0.332 e. The van der Waals surface area contributed by atoms with Crippen molar-refractivity contribution in [3.63, 3.8) is 0 Å². The number of rotatable bonds is 3. The van der Waals surface area contributed by atoms with Crippen LogP contribution in [-0.4, -0.2) is 17.4 Å². The summed E-state index contributed by atoms with van der Waals surface area (Å²) in [7, 11) is 0. The highest BCUT2D eigenvalue weighted by molar-refractivity contribution is 6.15. The Kier molecular flexibility index (Phi) is 3.18. The summed E-state index contributed by atoms with van der Waals surface area (Å²) in [5.41, 5.74) is 0.909. The molecule has 0 fully saturated rings. The van der Waals surface area contributed by atoms with Gasteiger partial charge in [-0.15, -0.1) is 0 Å². The van der Waals surface area contributed by atoms with Crippen LogP contribution in [0, 0.1) is 0 Å². The van der Waals surface area contributed by atoms with Crippen LogP contribution in [0.2, 0.25) is 0 Å². The van der Waals surface area contributed by atoms with Crippen LogP contribution in [0.5, 0.6) is 0 Å². The Labute approximate surface area is 81.7 Å². The minimum absolute atomic E-state index is 0.0613. The van der Waals surface area contributed by atoms with Crippen molar-refractivity contribution in [1.82, 2.24) is 0 Å². The first kappa shape index (κ1) is 10.2. The Balaban J connectivity index is 3.24. The molecule has 14 heavy (non-hydrogen) atoms. The summed E-state index contributed by atoms with van der Waals surface area (Å²) in [6.07, 6.45) is 0.568. The molecule has 0 aliphatic carbocycles. The second-order valence-electron chi connectivity index (χ2n) is 2.83. The lowest BCUT2D eigenvalue weighted by atomic mass is 10.0. The van der Waals surface area contributed by atoms with E-state index in [0.29, 0.717) is 11.8 Å². The Hall–Kier alpha value is -1.90. The minimum Gasteiger partial charge on any atom is -0.478 e. The minimum atomic E-state index is -1.07. The highest BCUT2D eigenvalue weighted by Crippen LogP contribution is 2.15. The first-order chi connectivity index (χ1) is 6.66. The Morgan fingerprint density at radius 1 is 1.29 bits per heavy atom. The van der Waals surface area contributed by atoms with Crippen LogP contribution in [0.15, 0.2) is 35.9 Å². The van der Waals surface area contributed by atoms with Gasteiger partial charge in [-0.25, -0.2) is 4.79 Å². The molecule has 1 aromatic rings. The SMILES string of the molecule is C/C(C(=O)O)=C(\C=O)c1ccccc1. The van der Waals surface area contributed by atoms with E-state index in [9.17, 15) is 9.59 Å². The maximum Gasteiger partial charge on any atom is 0.332 e. The molecule has 0 aliphatic rings. The molecule has 0 unspecified atom stereocenters. The van der Waals surface area contributed by atoms with Gasteiger partial charge in [0, 0.05) is 11.1 Å². The van der Waals surface area contributed by atoms with Crippen molar-refractivity contribution >= 4 is 17.8 Å². The van der Waals surface area contributed by atoms with E-state index in [0.717, 1.165) is 0 Å². The molecular formula is C11H10O3. The maximum absolute atomic E-state index is 10.7. The predicted molar refractivity (Wildman–Crippen MR) is 52.7 cm³/mol. The molecule has 1 aromatic carbocycles. The van der Waals surface area contributed by atoms with E-state index in [1.807, 2.05) is 6.07 Å². The van der Waals surface area contributed by atoms with Gasteiger partial charge >= 0.3 is 5.97 Å². The monoisotopic (exact) mass is 190 g/mol. The van der Waals surface area contributed by atoms with Crippen LogP contribution < -0.4 is 0 Å². The third kappa shape index (κ3) is 2.07. The molecule has 0 amide bonds. The fourth-order valence-corrected chi connectivity index (χ4v) is 1.11. The van der Waals surface area contributed by atoms with E-state index < -0.39 is 5.97 Å². The van der Waals surface area contributed by atoms with Gasteiger partial charge in [-0.3, -0.25) is 4.79 Å². The predicted octanol–water partition coefficient (Wildman–Crippen LogP) is 1.74. The van der Waals surface area contributed by atoms with Gasteiger partial charge in [0.15, 0.2) is 6.29 Å². The maximum atomic E-state index is 10.7. The van der Waals surface area contributed by atoms with Crippen LogP contribution >= 0.6 is 0 Å². The quantitative estimate of drug-likeness (QED) is 0.583. The molecule has 0 saturated heterocycles. The molecule has 72 valence electrons. The van der Waals surface area contributed by atoms with Crippen molar-refractivity contribution < 1.29 is 14.7 Å². The molecule has 1 N–H and O–H groups in total. The number of allylic oxidation sites excluding steroid dienone is 1. The zero-order valence-corrected chi connectivity index (χ0v) is 7.73. The van der Waals surface area contributed by atoms with E-state index in [-0.39, 0.29) is 11.1 Å². The Morgan fingerprint density at radius 3 is 2.29 bits per heavy atom. The van der Waals surface area contributed by atoms with Crippen LogP contribution in [0.3, 0.4) is 0 Å². The number of benzene rings is 1. The fraction of sp³-hybridized carbons (Fsp3) is 0.0909. The first-order valence-corrected chi connectivity index (χ1v) is 4.11. The molecule has 0 radical (unpaired) electrons. The van der Waals surface area contributed by atoms with Crippen LogP contribution in [0.4, 0.5) is 0 Å². The normalized spacial score (nSPS) is 11.8. The zero-order valence-electron chi connectivity index (χ0n) is 7.73. The van der Waals surface area contributed by atoms with Crippen molar-refractivity contribution in [2.75, 3.05) is 0 Å². The van der Waals surface area contributed by atoms with Crippen molar-refractivity contribution in [2.24, 2.45) is 0 Å². The Bertz CT molecular complexity index is 377. The van der Waals surface area contributed by atoms with Crippen molar-refractivity contribution in [3.05, 3.63) is 41.5 Å². The highest BCUT2D eigenvalue weighted by Gasteiger charge is 2.09. The summed E-state index contributed by atoms with van der Waals surface area (Å²) in [6, 6.07) is 8.73. The number of hydrogen-bond acceptors (Lipinski definition) is 2. The summed E-state index contributed by atoms with van der Waals surface area (Å²) in [6.45, 7) is 1.42. The fourth-order valence-electron chi connectivity index (χ4n) is 1.11. The van der Waals surface area contributed by atoms with Gasteiger partial charge in [0.2, 0.25) is 0 Å². The molecule has 0 aliphatic heterocycles. The van der Waals surface area contributed by atoms with Gasteiger partial charge in [0.1, 0.15) is 0 Å². The van der Waals surface area contributed by atoms with Crippen LogP contribution in [0.25, 0.3) is 5.57 Å². The van der Waals surface area contributed by atoms with Gasteiger partial charge in [0.25, 0.3) is 0 Å². The molecule has 3 nitrogen and oxygen atoms in total. The number of carbonyl (C=O) groups excluding carboxylic acids is 1. The number of carboxylic acid groups (broad SMARTS) is 1. The van der Waals surface area contributed by atoms with Crippen molar-refractivity contribution in [2.45, 2.75) is 6.92 Å². The molecule has 0 saturated carbocycles. The molecule has 0 aromatic heterocycles. The summed E-state index contributed by atoms with van der Waals surface area (Å²) in [5, 5.41) is 8.73. The first-order valence-electron chi connectivity index (χ1n) is 4.11. The molecule has 0 atom stereocenters. The third-order valence-corrected chi connectivity index (χ3v) is 1.93. The lowest BCUT2D eigenvalue weighted by Gasteiger charge is -2.02. The van der Waals surface area contributed by atoms with Gasteiger partial charge in [-0.05, 0) is 12.5 Å². The van der Waals surface area contributed by atoms with E-state index in [4.69, 9.17) is 5.11 Å². The van der Waals surface area contributed by atoms with Crippen LogP contribution in [-0.2, 0) is 9.59 Å². The summed E-state index contributed by atoms with van der Waals surface area (Å²) in [5.74, 6) is -1.07. The van der Waals surface area contributed by atoms with E-state index >= 15 is 0 Å². The van der Waals surface area contributed by atoms with Gasteiger partial charge in [-0.1, -0.05) is 30.3 Å². The molecular weight excluding hydrogens is 180 g/mol. The average Bonchev–Trinajstić information content (AvgIpc) is 2.20. The summed E-state index contributed by atoms with van der Waals surface area (Å²) >= 11 is 0. The average molecular weight is 190 g/mol. The highest BCUT2D eigenvalue weighted by atomic mass is 16.4. The van der Waals surface area contributed by atoms with E-state index in [1.54, 1.807) is 24.3 Å². The molecule has 1 rings (SSSR count). The molecule has 0 spiro atoms. The third-order valence-electron chi connectivity index (χ3n) is 1.93. The number of aldehydes is 1. The van der Waals surface area contributed by atoms with Gasteiger partial charge in [-0.2, -0.15) is 0 Å². The molecule has 3 heteroatoms. The van der Waals surface area contributed by atoms with Gasteiger partial charge in [0.05, 0.1) is 0 Å². The zero-order chi connectivity index (χ0) is 10.6. The number of carboxylic acids is 1. The standard InChI is InChI=1S/C11H10O3/c1-8(11(13)14)10(7-12)9-5-3-2-4-6-9/h2-7H,1H3,(H,13,14)/b10-8-. The second kappa shape index (κ2) is 4.37. The van der Waals surface area contributed by atoms with Crippen molar-refractivity contribution in [1.29, 1.82) is 0 Å². The van der Waals surface area contributed by atoms with Crippen molar-refractivity contribution in [3.8, 4) is 0 Å². The lowest BCUT2D eigenvalue weighted by Crippen LogP contribution is -2.01. The topological polar surface area (TPSA) is 54.4 Å². The second-order valence-corrected chi connectivity index (χ2v) is 2.83. The molecule has 0 heterocycles. The molecule has 0 bridgehead atoms. The number of hydrogen-bond donors (Lipinski definition) is 1.